The van der Waals surface area contributed by atoms with Gasteiger partial charge in [-0.15, -0.1) is 0 Å². The molecule has 0 bridgehead atoms. The quantitative estimate of drug-likeness (QED) is 0.166. The molecular weight excluding hydrogens is 493 g/mol. The molecule has 0 amide bonds. The van der Waals surface area contributed by atoms with Gasteiger partial charge in [0.25, 0.3) is 0 Å². The fourth-order valence-corrected chi connectivity index (χ4v) is 5.53. The number of unbranched alkanes of at least 4 members (excludes halogenated alkanes) is 6. The molecule has 2 atom stereocenters. The van der Waals surface area contributed by atoms with Crippen molar-refractivity contribution in [3.05, 3.63) is 95.3 Å². The first-order chi connectivity index (χ1) is 19.0. The van der Waals surface area contributed by atoms with E-state index in [2.05, 4.69) is 13.0 Å². The van der Waals surface area contributed by atoms with E-state index < -0.39 is 11.6 Å². The summed E-state index contributed by atoms with van der Waals surface area (Å²) < 4.78 is 50.8. The highest BCUT2D eigenvalue weighted by molar-refractivity contribution is 5.71. The van der Waals surface area contributed by atoms with Crippen LogP contribution in [0.3, 0.4) is 0 Å². The summed E-state index contributed by atoms with van der Waals surface area (Å²) in [6.07, 6.45) is 14.6. The number of hydrogen-bond acceptors (Lipinski definition) is 1. The minimum Gasteiger partial charge on any atom is -0.374 e. The minimum absolute atomic E-state index is 0.147. The Labute approximate surface area is 232 Å². The highest BCUT2D eigenvalue weighted by Crippen LogP contribution is 2.34. The lowest BCUT2D eigenvalue weighted by atomic mass is 9.89. The molecule has 0 spiro atoms. The maximum Gasteiger partial charge on any atom is 0.166 e. The largest absolute Gasteiger partial charge is 0.374 e. The third kappa shape index (κ3) is 7.63. The van der Waals surface area contributed by atoms with E-state index in [1.165, 1.54) is 25.7 Å². The van der Waals surface area contributed by atoms with Crippen LogP contribution in [0.25, 0.3) is 22.3 Å². The predicted octanol–water partition coefficient (Wildman–Crippen LogP) is 10.6. The van der Waals surface area contributed by atoms with Crippen molar-refractivity contribution in [2.24, 2.45) is 0 Å². The van der Waals surface area contributed by atoms with Gasteiger partial charge in [-0.25, -0.2) is 13.2 Å². The summed E-state index contributed by atoms with van der Waals surface area (Å²) in [4.78, 5) is 0. The van der Waals surface area contributed by atoms with E-state index in [0.29, 0.717) is 35.3 Å². The van der Waals surface area contributed by atoms with Crippen molar-refractivity contribution in [1.82, 2.24) is 0 Å². The van der Waals surface area contributed by atoms with Crippen molar-refractivity contribution in [2.45, 2.75) is 90.1 Å². The van der Waals surface area contributed by atoms with Gasteiger partial charge in [-0.05, 0) is 60.9 Å². The van der Waals surface area contributed by atoms with Gasteiger partial charge in [-0.3, -0.25) is 0 Å². The van der Waals surface area contributed by atoms with Crippen LogP contribution in [0.1, 0.15) is 88.7 Å². The molecule has 1 aliphatic rings. The monoisotopic (exact) mass is 534 g/mol. The van der Waals surface area contributed by atoms with Gasteiger partial charge in [0.05, 0.1) is 12.7 Å². The van der Waals surface area contributed by atoms with Crippen molar-refractivity contribution in [2.75, 3.05) is 6.61 Å². The number of aryl methyl sites for hydroxylation is 1. The lowest BCUT2D eigenvalue weighted by Gasteiger charge is -2.28. The molecule has 39 heavy (non-hydrogen) atoms. The van der Waals surface area contributed by atoms with E-state index in [-0.39, 0.29) is 23.4 Å². The van der Waals surface area contributed by atoms with Crippen molar-refractivity contribution in [3.8, 4) is 22.3 Å². The van der Waals surface area contributed by atoms with Gasteiger partial charge in [0, 0.05) is 17.0 Å². The number of ether oxygens (including phenoxy) is 1. The lowest BCUT2D eigenvalue weighted by molar-refractivity contribution is 0.0326. The number of rotatable bonds is 12. The minimum atomic E-state index is -0.815. The third-order valence-corrected chi connectivity index (χ3v) is 7.90. The molecule has 1 fully saturated rings. The fraction of sp³-hybridized carbons (Fsp3) is 0.429. The van der Waals surface area contributed by atoms with Crippen LogP contribution in [0.2, 0.25) is 0 Å². The van der Waals surface area contributed by atoms with Crippen LogP contribution in [0, 0.1) is 17.5 Å². The molecule has 2 unspecified atom stereocenters. The SMILES string of the molecule is C/C=C/C1CCC(c2ccc(-c3ccc(-c4ccc(CCCCCCCCC)c(F)c4F)cc3)c(F)c2)CO1. The molecule has 4 rings (SSSR count). The van der Waals surface area contributed by atoms with Crippen molar-refractivity contribution < 1.29 is 17.9 Å². The van der Waals surface area contributed by atoms with Crippen molar-refractivity contribution in [1.29, 1.82) is 0 Å². The Kier molecular flexibility index (Phi) is 10.8. The highest BCUT2D eigenvalue weighted by Gasteiger charge is 2.22. The Morgan fingerprint density at radius 1 is 0.769 bits per heavy atom. The molecule has 1 heterocycles. The third-order valence-electron chi connectivity index (χ3n) is 7.90. The van der Waals surface area contributed by atoms with Crippen molar-refractivity contribution in [3.63, 3.8) is 0 Å². The summed E-state index contributed by atoms with van der Waals surface area (Å²) >= 11 is 0. The lowest BCUT2D eigenvalue weighted by Crippen LogP contribution is -2.23. The second-order valence-electron chi connectivity index (χ2n) is 10.8. The van der Waals surface area contributed by atoms with E-state index in [1.54, 1.807) is 48.5 Å². The molecule has 3 aromatic rings. The van der Waals surface area contributed by atoms with Crippen LogP contribution in [0.4, 0.5) is 13.2 Å². The normalized spacial score (nSPS) is 17.7. The van der Waals surface area contributed by atoms with Crippen LogP contribution in [-0.2, 0) is 11.2 Å². The molecule has 3 aromatic carbocycles. The van der Waals surface area contributed by atoms with Crippen LogP contribution < -0.4 is 0 Å². The first kappa shape index (κ1) is 29.1. The van der Waals surface area contributed by atoms with E-state index in [0.717, 1.165) is 37.7 Å². The molecule has 0 radical (unpaired) electrons. The molecular formula is C35H41F3O. The summed E-state index contributed by atoms with van der Waals surface area (Å²) in [5.74, 6) is -1.68. The molecule has 0 N–H and O–H groups in total. The average Bonchev–Trinajstić information content (AvgIpc) is 2.95. The molecule has 1 nitrogen and oxygen atoms in total. The zero-order valence-corrected chi connectivity index (χ0v) is 23.3. The molecule has 208 valence electrons. The predicted molar refractivity (Wildman–Crippen MR) is 155 cm³/mol. The first-order valence-corrected chi connectivity index (χ1v) is 14.6. The Hall–Kier alpha value is -2.85. The Balaban J connectivity index is 1.39. The Morgan fingerprint density at radius 2 is 1.44 bits per heavy atom. The van der Waals surface area contributed by atoms with Crippen LogP contribution >= 0.6 is 0 Å². The average molecular weight is 535 g/mol. The van der Waals surface area contributed by atoms with Gasteiger partial charge in [0.15, 0.2) is 11.6 Å². The molecule has 0 aliphatic carbocycles. The summed E-state index contributed by atoms with van der Waals surface area (Å²) in [5, 5.41) is 0. The van der Waals surface area contributed by atoms with Gasteiger partial charge < -0.3 is 4.74 Å². The molecule has 1 saturated heterocycles. The number of benzene rings is 3. The van der Waals surface area contributed by atoms with Crippen LogP contribution in [0.5, 0.6) is 0 Å². The second kappa shape index (κ2) is 14.5. The van der Waals surface area contributed by atoms with Gasteiger partial charge in [0.2, 0.25) is 0 Å². The summed E-state index contributed by atoms with van der Waals surface area (Å²) in [7, 11) is 0. The Morgan fingerprint density at radius 3 is 2.08 bits per heavy atom. The van der Waals surface area contributed by atoms with Gasteiger partial charge in [-0.1, -0.05) is 106 Å². The Bertz CT molecular complexity index is 1220. The summed E-state index contributed by atoms with van der Waals surface area (Å²) in [6.45, 7) is 4.77. The van der Waals surface area contributed by atoms with Gasteiger partial charge in [0.1, 0.15) is 5.82 Å². The topological polar surface area (TPSA) is 9.23 Å². The zero-order valence-electron chi connectivity index (χ0n) is 23.3. The summed E-state index contributed by atoms with van der Waals surface area (Å²) in [6, 6.07) is 15.7. The summed E-state index contributed by atoms with van der Waals surface area (Å²) in [5.41, 5.74) is 3.37. The van der Waals surface area contributed by atoms with Crippen LogP contribution in [-0.4, -0.2) is 12.7 Å². The maximum absolute atomic E-state index is 15.1. The number of allylic oxidation sites excluding steroid dienone is 1. The molecule has 1 aliphatic heterocycles. The fourth-order valence-electron chi connectivity index (χ4n) is 5.53. The number of halogens is 3. The maximum atomic E-state index is 15.1. The molecule has 0 saturated carbocycles. The molecule has 4 heteroatoms. The van der Waals surface area contributed by atoms with E-state index >= 15 is 4.39 Å². The van der Waals surface area contributed by atoms with Gasteiger partial charge in [-0.2, -0.15) is 0 Å². The standard InChI is InChI=1S/C35H41F3O/c1-3-5-6-7-8-9-10-12-27-18-22-32(35(38)34(27)37)26-15-13-25(14-16-26)31-21-19-28(23-33(31)36)29-17-20-30(11-4-2)39-24-29/h4,11,13-16,18-19,21-23,29-30H,3,5-10,12,17,20,24H2,1-2H3/b11-4+. The van der Waals surface area contributed by atoms with E-state index in [4.69, 9.17) is 4.74 Å². The second-order valence-corrected chi connectivity index (χ2v) is 10.8. The van der Waals surface area contributed by atoms with Crippen LogP contribution in [0.15, 0.2) is 66.7 Å². The number of hydrogen-bond donors (Lipinski definition) is 0. The highest BCUT2D eigenvalue weighted by atomic mass is 19.2. The first-order valence-electron chi connectivity index (χ1n) is 14.6. The zero-order chi connectivity index (χ0) is 27.6. The van der Waals surface area contributed by atoms with E-state index in [1.807, 2.05) is 19.1 Å². The van der Waals surface area contributed by atoms with Gasteiger partial charge >= 0.3 is 0 Å². The smallest absolute Gasteiger partial charge is 0.166 e. The van der Waals surface area contributed by atoms with E-state index in [9.17, 15) is 8.78 Å². The molecule has 0 aromatic heterocycles. The van der Waals surface area contributed by atoms with Crippen molar-refractivity contribution >= 4 is 0 Å².